The molecule has 0 heterocycles. The molecule has 6 nitrogen and oxygen atoms in total. The molecule has 0 fully saturated rings. The van der Waals surface area contributed by atoms with E-state index in [2.05, 4.69) is 0 Å². The minimum absolute atomic E-state index is 0.104. The molecule has 2 aromatic carbocycles. The first-order valence-corrected chi connectivity index (χ1v) is 8.87. The molecular weight excluding hydrogens is 342 g/mol. The van der Waals surface area contributed by atoms with Gasteiger partial charge in [-0.15, -0.1) is 0 Å². The fourth-order valence-electron chi connectivity index (χ4n) is 2.07. The van der Waals surface area contributed by atoms with Crippen LogP contribution >= 0.6 is 0 Å². The van der Waals surface area contributed by atoms with Crippen molar-refractivity contribution in [1.82, 2.24) is 4.72 Å². The van der Waals surface area contributed by atoms with Gasteiger partial charge in [0.25, 0.3) is 0 Å². The van der Waals surface area contributed by atoms with Crippen molar-refractivity contribution in [3.8, 4) is 0 Å². The average Bonchev–Trinajstić information content (AvgIpc) is 2.59. The zero-order valence-electron chi connectivity index (χ0n) is 13.5. The first-order chi connectivity index (χ1) is 11.8. The molecule has 2 N–H and O–H groups in total. The van der Waals surface area contributed by atoms with Crippen LogP contribution in [0.4, 0.5) is 0 Å². The Hall–Kier alpha value is -2.77. The summed E-state index contributed by atoms with van der Waals surface area (Å²) in [5.74, 6) is -1.54. The first kappa shape index (κ1) is 18.6. The van der Waals surface area contributed by atoms with Gasteiger partial charge in [-0.25, -0.2) is 8.42 Å². The second-order valence-corrected chi connectivity index (χ2v) is 7.06. The Morgan fingerprint density at radius 3 is 2.32 bits per heavy atom. The molecule has 0 atom stereocenters. The monoisotopic (exact) mass is 359 g/mol. The third-order valence-electron chi connectivity index (χ3n) is 3.47. The molecule has 0 amide bonds. The molecule has 130 valence electrons. The summed E-state index contributed by atoms with van der Waals surface area (Å²) in [4.78, 5) is 22.5. The SMILES string of the molecule is Cc1ccccc1/C=C/C(=O)c1ccc(S(=O)(=O)NCC(=O)O)cc1. The lowest BCUT2D eigenvalue weighted by molar-refractivity contribution is -0.135. The summed E-state index contributed by atoms with van der Waals surface area (Å²) < 4.78 is 25.7. The van der Waals surface area contributed by atoms with E-state index in [9.17, 15) is 18.0 Å². The molecule has 0 bridgehead atoms. The molecular formula is C18H17NO5S. The minimum Gasteiger partial charge on any atom is -0.480 e. The van der Waals surface area contributed by atoms with E-state index in [0.717, 1.165) is 11.1 Å². The summed E-state index contributed by atoms with van der Waals surface area (Å²) >= 11 is 0. The zero-order chi connectivity index (χ0) is 18.4. The van der Waals surface area contributed by atoms with Gasteiger partial charge in [-0.05, 0) is 48.4 Å². The Morgan fingerprint density at radius 2 is 1.72 bits per heavy atom. The second-order valence-electron chi connectivity index (χ2n) is 5.30. The van der Waals surface area contributed by atoms with E-state index in [4.69, 9.17) is 5.11 Å². The number of aryl methyl sites for hydroxylation is 1. The largest absolute Gasteiger partial charge is 0.480 e. The van der Waals surface area contributed by atoms with E-state index in [0.29, 0.717) is 5.56 Å². The topological polar surface area (TPSA) is 101 Å². The predicted molar refractivity (Wildman–Crippen MR) is 93.8 cm³/mol. The fourth-order valence-corrected chi connectivity index (χ4v) is 3.05. The van der Waals surface area contributed by atoms with Crippen LogP contribution in [0.25, 0.3) is 6.08 Å². The van der Waals surface area contributed by atoms with Crippen LogP contribution in [0.15, 0.2) is 59.5 Å². The number of carboxylic acids is 1. The molecule has 0 saturated carbocycles. The Kier molecular flexibility index (Phi) is 5.84. The number of carbonyl (C=O) groups excluding carboxylic acids is 1. The third-order valence-corrected chi connectivity index (χ3v) is 4.88. The lowest BCUT2D eigenvalue weighted by Crippen LogP contribution is -2.29. The molecule has 0 aromatic heterocycles. The third kappa shape index (κ3) is 5.10. The number of carbonyl (C=O) groups is 2. The van der Waals surface area contributed by atoms with Crippen LogP contribution in [0.1, 0.15) is 21.5 Å². The summed E-state index contributed by atoms with van der Waals surface area (Å²) in [6, 6.07) is 12.9. The van der Waals surface area contributed by atoms with Gasteiger partial charge in [0.1, 0.15) is 6.54 Å². The van der Waals surface area contributed by atoms with E-state index in [1.807, 2.05) is 35.9 Å². The van der Waals surface area contributed by atoms with Crippen molar-refractivity contribution in [3.05, 3.63) is 71.3 Å². The summed E-state index contributed by atoms with van der Waals surface area (Å²) in [6.45, 7) is 1.23. The number of allylic oxidation sites excluding steroid dienone is 1. The summed E-state index contributed by atoms with van der Waals surface area (Å²) in [6.07, 6.45) is 3.13. The van der Waals surface area contributed by atoms with Crippen LogP contribution in [0.3, 0.4) is 0 Å². The lowest BCUT2D eigenvalue weighted by atomic mass is 10.1. The number of sulfonamides is 1. The maximum atomic E-state index is 12.2. The van der Waals surface area contributed by atoms with Gasteiger partial charge >= 0.3 is 5.97 Å². The minimum atomic E-state index is -3.92. The normalized spacial score (nSPS) is 11.6. The van der Waals surface area contributed by atoms with Gasteiger partial charge in [0, 0.05) is 5.56 Å². The first-order valence-electron chi connectivity index (χ1n) is 7.39. The lowest BCUT2D eigenvalue weighted by Gasteiger charge is -2.05. The number of hydrogen-bond donors (Lipinski definition) is 2. The number of ketones is 1. The molecule has 0 unspecified atom stereocenters. The molecule has 0 spiro atoms. The quantitative estimate of drug-likeness (QED) is 0.583. The standard InChI is InChI=1S/C18H17NO5S/c1-13-4-2-3-5-14(13)8-11-17(20)15-6-9-16(10-7-15)25(23,24)19-12-18(21)22/h2-11,19H,12H2,1H3,(H,21,22)/b11-8+. The van der Waals surface area contributed by atoms with Crippen molar-refractivity contribution in [3.63, 3.8) is 0 Å². The smallest absolute Gasteiger partial charge is 0.318 e. The molecule has 0 aliphatic rings. The molecule has 25 heavy (non-hydrogen) atoms. The Balaban J connectivity index is 2.13. The molecule has 0 aliphatic heterocycles. The number of benzene rings is 2. The van der Waals surface area contributed by atoms with E-state index < -0.39 is 22.5 Å². The predicted octanol–water partition coefficient (Wildman–Crippen LogP) is 2.25. The van der Waals surface area contributed by atoms with Crippen LogP contribution < -0.4 is 4.72 Å². The van der Waals surface area contributed by atoms with Crippen molar-refractivity contribution in [2.24, 2.45) is 0 Å². The highest BCUT2D eigenvalue weighted by Crippen LogP contribution is 2.13. The Labute approximate surface area is 145 Å². The number of aliphatic carboxylic acids is 1. The van der Waals surface area contributed by atoms with Crippen molar-refractivity contribution in [2.45, 2.75) is 11.8 Å². The van der Waals surface area contributed by atoms with Gasteiger partial charge in [-0.2, -0.15) is 4.72 Å². The van der Waals surface area contributed by atoms with Crippen LogP contribution in [0.2, 0.25) is 0 Å². The number of nitrogens with one attached hydrogen (secondary N) is 1. The van der Waals surface area contributed by atoms with Crippen molar-refractivity contribution >= 4 is 27.9 Å². The van der Waals surface area contributed by atoms with Crippen molar-refractivity contribution in [2.75, 3.05) is 6.54 Å². The van der Waals surface area contributed by atoms with Gasteiger partial charge in [0.2, 0.25) is 10.0 Å². The summed E-state index contributed by atoms with van der Waals surface area (Å²) in [5.41, 5.74) is 2.30. The van der Waals surface area contributed by atoms with Crippen LogP contribution in [0, 0.1) is 6.92 Å². The highest BCUT2D eigenvalue weighted by molar-refractivity contribution is 7.89. The van der Waals surface area contributed by atoms with E-state index in [-0.39, 0.29) is 10.7 Å². The fraction of sp³-hybridized carbons (Fsp3) is 0.111. The van der Waals surface area contributed by atoms with Crippen molar-refractivity contribution in [1.29, 1.82) is 0 Å². The second kappa shape index (κ2) is 7.87. The van der Waals surface area contributed by atoms with Crippen LogP contribution in [-0.4, -0.2) is 31.8 Å². The maximum Gasteiger partial charge on any atom is 0.318 e. The summed E-state index contributed by atoms with van der Waals surface area (Å²) in [7, 11) is -3.92. The van der Waals surface area contributed by atoms with Crippen LogP contribution in [-0.2, 0) is 14.8 Å². The molecule has 0 radical (unpaired) electrons. The molecule has 2 aromatic rings. The van der Waals surface area contributed by atoms with Gasteiger partial charge < -0.3 is 5.11 Å². The Morgan fingerprint density at radius 1 is 1.08 bits per heavy atom. The van der Waals surface area contributed by atoms with E-state index >= 15 is 0 Å². The summed E-state index contributed by atoms with van der Waals surface area (Å²) in [5, 5.41) is 8.53. The Bertz CT molecular complexity index is 915. The number of rotatable bonds is 7. The van der Waals surface area contributed by atoms with Gasteiger partial charge in [0.15, 0.2) is 5.78 Å². The van der Waals surface area contributed by atoms with Gasteiger partial charge in [0.05, 0.1) is 4.90 Å². The highest BCUT2D eigenvalue weighted by atomic mass is 32.2. The maximum absolute atomic E-state index is 12.2. The van der Waals surface area contributed by atoms with E-state index in [1.165, 1.54) is 30.3 Å². The van der Waals surface area contributed by atoms with E-state index in [1.54, 1.807) is 6.08 Å². The molecule has 0 aliphatic carbocycles. The van der Waals surface area contributed by atoms with Gasteiger partial charge in [-0.1, -0.05) is 30.3 Å². The molecule has 7 heteroatoms. The van der Waals surface area contributed by atoms with Crippen LogP contribution in [0.5, 0.6) is 0 Å². The number of hydrogen-bond acceptors (Lipinski definition) is 4. The molecule has 2 rings (SSSR count). The average molecular weight is 359 g/mol. The number of carboxylic acid groups (broad SMARTS) is 1. The highest BCUT2D eigenvalue weighted by Gasteiger charge is 2.15. The molecule has 0 saturated heterocycles. The zero-order valence-corrected chi connectivity index (χ0v) is 14.3. The van der Waals surface area contributed by atoms with Gasteiger partial charge in [-0.3, -0.25) is 9.59 Å². The van der Waals surface area contributed by atoms with Crippen molar-refractivity contribution < 1.29 is 23.1 Å².